The largest absolute Gasteiger partial charge is 0.257 e. The molecule has 0 N–H and O–H groups in total. The van der Waals surface area contributed by atoms with Gasteiger partial charge in [-0.15, -0.1) is 10.2 Å². The van der Waals surface area contributed by atoms with E-state index in [0.29, 0.717) is 11.0 Å². The van der Waals surface area contributed by atoms with Gasteiger partial charge in [-0.25, -0.2) is 9.97 Å². The molecule has 2 aromatic heterocycles. The maximum Gasteiger partial charge on any atom is 0.226 e. The Morgan fingerprint density at radius 3 is 2.95 bits per heavy atom. The molecule has 96 valence electrons. The lowest BCUT2D eigenvalue weighted by atomic mass is 10.2. The minimum Gasteiger partial charge on any atom is -0.257 e. The van der Waals surface area contributed by atoms with Gasteiger partial charge in [0.2, 0.25) is 5.16 Å². The number of halogens is 1. The van der Waals surface area contributed by atoms with Crippen molar-refractivity contribution in [1.82, 2.24) is 24.7 Å². The van der Waals surface area contributed by atoms with Crippen molar-refractivity contribution in [2.24, 2.45) is 0 Å². The molecular formula is C11H8BrN5OS. The van der Waals surface area contributed by atoms with Gasteiger partial charge in [0.15, 0.2) is 5.82 Å². The zero-order chi connectivity index (χ0) is 13.4. The van der Waals surface area contributed by atoms with Crippen molar-refractivity contribution >= 4 is 37.6 Å². The fourth-order valence-corrected chi connectivity index (χ4v) is 2.71. The van der Waals surface area contributed by atoms with Crippen molar-refractivity contribution in [3.05, 3.63) is 35.3 Å². The number of rotatable bonds is 2. The molecular weight excluding hydrogens is 330 g/mol. The standard InChI is InChI=1S/C11H8BrN5OS/c1-19(18)11-16-15-6-17(11)10-8-4-7(12)2-3-9(8)13-5-14-10/h2-6H,1H3. The second-order valence-electron chi connectivity index (χ2n) is 3.80. The first-order chi connectivity index (χ1) is 9.16. The van der Waals surface area contributed by atoms with Gasteiger partial charge in [0.1, 0.15) is 12.7 Å². The Balaban J connectivity index is 2.33. The molecule has 6 nitrogen and oxygen atoms in total. The summed E-state index contributed by atoms with van der Waals surface area (Å²) in [5, 5.41) is 8.86. The monoisotopic (exact) mass is 337 g/mol. The van der Waals surface area contributed by atoms with E-state index < -0.39 is 10.8 Å². The number of benzene rings is 1. The molecule has 3 rings (SSSR count). The highest BCUT2D eigenvalue weighted by molar-refractivity contribution is 9.10. The maximum atomic E-state index is 11.6. The number of nitrogens with zero attached hydrogens (tertiary/aromatic N) is 5. The van der Waals surface area contributed by atoms with E-state index in [2.05, 4.69) is 36.1 Å². The molecule has 0 spiro atoms. The second kappa shape index (κ2) is 4.78. The average Bonchev–Trinajstić information content (AvgIpc) is 2.87. The van der Waals surface area contributed by atoms with Crippen LogP contribution in [0.5, 0.6) is 0 Å². The van der Waals surface area contributed by atoms with E-state index in [0.717, 1.165) is 15.4 Å². The minimum absolute atomic E-state index is 0.361. The van der Waals surface area contributed by atoms with Crippen molar-refractivity contribution in [2.45, 2.75) is 5.16 Å². The van der Waals surface area contributed by atoms with E-state index in [1.807, 2.05) is 18.2 Å². The van der Waals surface area contributed by atoms with Crippen LogP contribution >= 0.6 is 15.9 Å². The van der Waals surface area contributed by atoms with Gasteiger partial charge in [-0.2, -0.15) is 0 Å². The van der Waals surface area contributed by atoms with Crippen LogP contribution in [0.3, 0.4) is 0 Å². The number of fused-ring (bicyclic) bond motifs is 1. The summed E-state index contributed by atoms with van der Waals surface area (Å²) in [5.41, 5.74) is 0.801. The number of aromatic nitrogens is 5. The molecule has 1 unspecified atom stereocenters. The summed E-state index contributed by atoms with van der Waals surface area (Å²) < 4.78 is 14.2. The normalized spacial score (nSPS) is 12.7. The summed E-state index contributed by atoms with van der Waals surface area (Å²) in [6.07, 6.45) is 4.52. The Kier molecular flexibility index (Phi) is 3.11. The number of hydrogen-bond donors (Lipinski definition) is 0. The van der Waals surface area contributed by atoms with Gasteiger partial charge in [0, 0.05) is 16.1 Å². The van der Waals surface area contributed by atoms with Gasteiger partial charge < -0.3 is 0 Å². The summed E-state index contributed by atoms with van der Waals surface area (Å²) in [5.74, 6) is 0.613. The van der Waals surface area contributed by atoms with Crippen molar-refractivity contribution in [2.75, 3.05) is 6.26 Å². The summed E-state index contributed by atoms with van der Waals surface area (Å²) in [4.78, 5) is 8.46. The molecule has 0 aliphatic rings. The fraction of sp³-hybridized carbons (Fsp3) is 0.0909. The molecule has 0 bridgehead atoms. The predicted octanol–water partition coefficient (Wildman–Crippen LogP) is 1.71. The molecule has 2 heterocycles. The average molecular weight is 338 g/mol. The Morgan fingerprint density at radius 2 is 2.16 bits per heavy atom. The molecule has 0 aliphatic carbocycles. The minimum atomic E-state index is -1.24. The van der Waals surface area contributed by atoms with E-state index in [1.165, 1.54) is 12.7 Å². The Hall–Kier alpha value is -1.67. The van der Waals surface area contributed by atoms with E-state index >= 15 is 0 Å². The first kappa shape index (κ1) is 12.4. The molecule has 1 aromatic carbocycles. The number of hydrogen-bond acceptors (Lipinski definition) is 5. The van der Waals surface area contributed by atoms with Crippen LogP contribution in [0, 0.1) is 0 Å². The van der Waals surface area contributed by atoms with Crippen LogP contribution in [0.4, 0.5) is 0 Å². The SMILES string of the molecule is CS(=O)c1nncn1-c1ncnc2ccc(Br)cc12. The lowest BCUT2D eigenvalue weighted by molar-refractivity contribution is 0.675. The quantitative estimate of drug-likeness (QED) is 0.711. The van der Waals surface area contributed by atoms with Crippen LogP contribution in [0.15, 0.2) is 40.5 Å². The van der Waals surface area contributed by atoms with Crippen molar-refractivity contribution in [3.8, 4) is 5.82 Å². The highest BCUT2D eigenvalue weighted by Gasteiger charge is 2.13. The second-order valence-corrected chi connectivity index (χ2v) is 5.99. The fourth-order valence-electron chi connectivity index (χ4n) is 1.77. The summed E-state index contributed by atoms with van der Waals surface area (Å²) >= 11 is 3.42. The van der Waals surface area contributed by atoms with Crippen LogP contribution < -0.4 is 0 Å². The van der Waals surface area contributed by atoms with Crippen LogP contribution in [0.25, 0.3) is 16.7 Å². The summed E-state index contributed by atoms with van der Waals surface area (Å²) in [6, 6.07) is 5.70. The highest BCUT2D eigenvalue weighted by atomic mass is 79.9. The van der Waals surface area contributed by atoms with E-state index in [-0.39, 0.29) is 0 Å². The molecule has 3 aromatic rings. The van der Waals surface area contributed by atoms with Crippen LogP contribution in [0.2, 0.25) is 0 Å². The van der Waals surface area contributed by atoms with Gasteiger partial charge >= 0.3 is 0 Å². The molecule has 0 radical (unpaired) electrons. The zero-order valence-corrected chi connectivity index (χ0v) is 12.2. The Labute approximate surface area is 119 Å². The smallest absolute Gasteiger partial charge is 0.226 e. The third-order valence-corrected chi connectivity index (χ3v) is 3.86. The topological polar surface area (TPSA) is 73.6 Å². The van der Waals surface area contributed by atoms with Crippen LogP contribution in [-0.2, 0) is 10.8 Å². The van der Waals surface area contributed by atoms with Gasteiger partial charge in [-0.05, 0) is 18.2 Å². The van der Waals surface area contributed by atoms with E-state index in [1.54, 1.807) is 10.8 Å². The molecule has 0 saturated carbocycles. The van der Waals surface area contributed by atoms with Gasteiger partial charge in [0.05, 0.1) is 16.3 Å². The lowest BCUT2D eigenvalue weighted by Crippen LogP contribution is -2.05. The van der Waals surface area contributed by atoms with Crippen molar-refractivity contribution in [1.29, 1.82) is 0 Å². The van der Waals surface area contributed by atoms with Gasteiger partial charge in [-0.1, -0.05) is 15.9 Å². The van der Waals surface area contributed by atoms with Crippen molar-refractivity contribution < 1.29 is 4.21 Å². The molecule has 0 saturated heterocycles. The molecule has 19 heavy (non-hydrogen) atoms. The molecule has 1 atom stereocenters. The maximum absolute atomic E-state index is 11.6. The van der Waals surface area contributed by atoms with Crippen LogP contribution in [-0.4, -0.2) is 35.2 Å². The van der Waals surface area contributed by atoms with Crippen molar-refractivity contribution in [3.63, 3.8) is 0 Å². The summed E-state index contributed by atoms with van der Waals surface area (Å²) in [6.45, 7) is 0. The molecule has 8 heteroatoms. The third-order valence-electron chi connectivity index (χ3n) is 2.58. The summed E-state index contributed by atoms with van der Waals surface area (Å²) in [7, 11) is -1.24. The molecule has 0 amide bonds. The third kappa shape index (κ3) is 2.17. The highest BCUT2D eigenvalue weighted by Crippen LogP contribution is 2.23. The first-order valence-electron chi connectivity index (χ1n) is 5.31. The molecule has 0 fully saturated rings. The molecule has 0 aliphatic heterocycles. The lowest BCUT2D eigenvalue weighted by Gasteiger charge is -2.07. The van der Waals surface area contributed by atoms with Gasteiger partial charge in [-0.3, -0.25) is 8.78 Å². The Bertz CT molecular complexity index is 788. The van der Waals surface area contributed by atoms with E-state index in [4.69, 9.17) is 0 Å². The zero-order valence-electron chi connectivity index (χ0n) is 9.82. The van der Waals surface area contributed by atoms with E-state index in [9.17, 15) is 4.21 Å². The predicted molar refractivity (Wildman–Crippen MR) is 74.5 cm³/mol. The Morgan fingerprint density at radius 1 is 1.32 bits per heavy atom. The van der Waals surface area contributed by atoms with Gasteiger partial charge in [0.25, 0.3) is 0 Å². The first-order valence-corrected chi connectivity index (χ1v) is 7.66. The van der Waals surface area contributed by atoms with Crippen LogP contribution in [0.1, 0.15) is 0 Å².